The van der Waals surface area contributed by atoms with Crippen LogP contribution >= 0.6 is 11.8 Å². The number of rotatable bonds is 7. The Hall–Kier alpha value is -3.65. The summed E-state index contributed by atoms with van der Waals surface area (Å²) in [5.41, 5.74) is 4.29. The lowest BCUT2D eigenvalue weighted by molar-refractivity contribution is 0.0934. The van der Waals surface area contributed by atoms with Crippen LogP contribution in [0.5, 0.6) is 0 Å². The predicted octanol–water partition coefficient (Wildman–Crippen LogP) is 4.29. The van der Waals surface area contributed by atoms with Crippen LogP contribution in [-0.2, 0) is 0 Å². The van der Waals surface area contributed by atoms with E-state index < -0.39 is 0 Å². The number of amides is 1. The molecule has 3 heterocycles. The summed E-state index contributed by atoms with van der Waals surface area (Å²) in [6.07, 6.45) is 6.54. The van der Waals surface area contributed by atoms with Gasteiger partial charge in [0.15, 0.2) is 11.5 Å². The van der Waals surface area contributed by atoms with Crippen LogP contribution in [-0.4, -0.2) is 42.1 Å². The zero-order valence-corrected chi connectivity index (χ0v) is 18.4. The molecule has 5 rings (SSSR count). The average molecular weight is 443 g/mol. The van der Waals surface area contributed by atoms with E-state index in [1.165, 1.54) is 0 Å². The standard InChI is InChI=1S/C24H22N6OS/c1-32-15-13-20(23-28-27-22-8-4-5-14-29(22)23)26-24(31)17-9-11-18(12-10-17)30-16-25-19-6-2-3-7-21(19)30/h2-12,14,16,20H,13,15H2,1H3,(H,26,31). The minimum atomic E-state index is -0.232. The summed E-state index contributed by atoms with van der Waals surface area (Å²) in [6, 6.07) is 21.1. The monoisotopic (exact) mass is 442 g/mol. The number of carbonyl (C=O) groups excluding carboxylic acids is 1. The molecular weight excluding hydrogens is 420 g/mol. The van der Waals surface area contributed by atoms with Crippen LogP contribution in [0.2, 0.25) is 0 Å². The average Bonchev–Trinajstić information content (AvgIpc) is 3.46. The molecule has 8 heteroatoms. The van der Waals surface area contributed by atoms with Gasteiger partial charge in [0.25, 0.3) is 5.91 Å². The quantitative estimate of drug-likeness (QED) is 0.407. The molecule has 0 aliphatic rings. The van der Waals surface area contributed by atoms with Crippen molar-refractivity contribution < 1.29 is 4.79 Å². The topological polar surface area (TPSA) is 77.1 Å². The highest BCUT2D eigenvalue weighted by Gasteiger charge is 2.21. The van der Waals surface area contributed by atoms with Gasteiger partial charge in [-0.2, -0.15) is 11.8 Å². The second-order valence-corrected chi connectivity index (χ2v) is 8.43. The van der Waals surface area contributed by atoms with Crippen LogP contribution in [0.1, 0.15) is 28.6 Å². The fourth-order valence-corrected chi connectivity index (χ4v) is 4.25. The van der Waals surface area contributed by atoms with Gasteiger partial charge < -0.3 is 5.32 Å². The first-order valence-electron chi connectivity index (χ1n) is 10.4. The number of nitrogens with one attached hydrogen (secondary N) is 1. The largest absolute Gasteiger partial charge is 0.342 e. The van der Waals surface area contributed by atoms with E-state index in [0.717, 1.165) is 40.4 Å². The minimum Gasteiger partial charge on any atom is -0.342 e. The molecule has 5 aromatic rings. The second kappa shape index (κ2) is 8.84. The van der Waals surface area contributed by atoms with Gasteiger partial charge in [-0.25, -0.2) is 4.98 Å². The molecule has 1 amide bonds. The number of carbonyl (C=O) groups is 1. The van der Waals surface area contributed by atoms with Crippen molar-refractivity contribution in [2.24, 2.45) is 0 Å². The number of fused-ring (bicyclic) bond motifs is 2. The fourth-order valence-electron chi connectivity index (χ4n) is 3.78. The predicted molar refractivity (Wildman–Crippen MR) is 127 cm³/mol. The summed E-state index contributed by atoms with van der Waals surface area (Å²) in [6.45, 7) is 0. The lowest BCUT2D eigenvalue weighted by Gasteiger charge is -2.17. The van der Waals surface area contributed by atoms with Crippen molar-refractivity contribution in [2.45, 2.75) is 12.5 Å². The molecular formula is C24H22N6OS. The number of aromatic nitrogens is 5. The summed E-state index contributed by atoms with van der Waals surface area (Å²) >= 11 is 1.74. The smallest absolute Gasteiger partial charge is 0.251 e. The molecule has 160 valence electrons. The number of thioether (sulfide) groups is 1. The van der Waals surface area contributed by atoms with Gasteiger partial charge in [-0.05, 0) is 67.0 Å². The molecule has 0 fully saturated rings. The summed E-state index contributed by atoms with van der Waals surface area (Å²) in [7, 11) is 0. The maximum absolute atomic E-state index is 13.1. The Morgan fingerprint density at radius 3 is 2.69 bits per heavy atom. The maximum Gasteiger partial charge on any atom is 0.251 e. The number of benzene rings is 2. The van der Waals surface area contributed by atoms with Crippen LogP contribution < -0.4 is 5.32 Å². The van der Waals surface area contributed by atoms with E-state index in [4.69, 9.17) is 0 Å². The minimum absolute atomic E-state index is 0.133. The number of imidazole rings is 1. The first-order chi connectivity index (χ1) is 15.7. The van der Waals surface area contributed by atoms with Crippen molar-refractivity contribution >= 4 is 34.3 Å². The van der Waals surface area contributed by atoms with Crippen molar-refractivity contribution in [2.75, 3.05) is 12.0 Å². The van der Waals surface area contributed by atoms with Gasteiger partial charge in [0.05, 0.1) is 17.1 Å². The first kappa shape index (κ1) is 20.3. The lowest BCUT2D eigenvalue weighted by atomic mass is 10.1. The van der Waals surface area contributed by atoms with Gasteiger partial charge in [-0.1, -0.05) is 18.2 Å². The van der Waals surface area contributed by atoms with Crippen molar-refractivity contribution in [1.29, 1.82) is 0 Å². The Bertz CT molecular complexity index is 1370. The molecule has 2 aromatic carbocycles. The van der Waals surface area contributed by atoms with Gasteiger partial charge in [0, 0.05) is 17.4 Å². The molecule has 32 heavy (non-hydrogen) atoms. The molecule has 0 spiro atoms. The van der Waals surface area contributed by atoms with E-state index in [2.05, 4.69) is 26.8 Å². The van der Waals surface area contributed by atoms with Gasteiger partial charge in [-0.3, -0.25) is 13.8 Å². The van der Waals surface area contributed by atoms with Crippen molar-refractivity contribution in [3.8, 4) is 5.69 Å². The molecule has 1 N–H and O–H groups in total. The number of hydrogen-bond acceptors (Lipinski definition) is 5. The fraction of sp³-hybridized carbons (Fsp3) is 0.167. The van der Waals surface area contributed by atoms with E-state index in [0.29, 0.717) is 5.56 Å². The highest BCUT2D eigenvalue weighted by atomic mass is 32.2. The third-order valence-electron chi connectivity index (χ3n) is 5.43. The second-order valence-electron chi connectivity index (χ2n) is 7.44. The van der Waals surface area contributed by atoms with Crippen molar-refractivity contribution in [3.63, 3.8) is 0 Å². The molecule has 3 aromatic heterocycles. The highest BCUT2D eigenvalue weighted by Crippen LogP contribution is 2.21. The molecule has 1 unspecified atom stereocenters. The van der Waals surface area contributed by atoms with Gasteiger partial charge in [0.2, 0.25) is 0 Å². The van der Waals surface area contributed by atoms with E-state index in [1.807, 2.05) is 81.9 Å². The highest BCUT2D eigenvalue weighted by molar-refractivity contribution is 7.98. The van der Waals surface area contributed by atoms with Crippen molar-refractivity contribution in [1.82, 2.24) is 29.5 Å². The third kappa shape index (κ3) is 3.85. The van der Waals surface area contributed by atoms with E-state index in [-0.39, 0.29) is 11.9 Å². The Kier molecular flexibility index (Phi) is 5.60. The SMILES string of the molecule is CSCCC(NC(=O)c1ccc(-n2cnc3ccccc32)cc1)c1nnc2ccccn12. The summed E-state index contributed by atoms with van der Waals surface area (Å²) < 4.78 is 3.94. The first-order valence-corrected chi connectivity index (χ1v) is 11.8. The zero-order valence-electron chi connectivity index (χ0n) is 17.5. The van der Waals surface area contributed by atoms with E-state index >= 15 is 0 Å². The summed E-state index contributed by atoms with van der Waals surface area (Å²) in [5.74, 6) is 1.51. The summed E-state index contributed by atoms with van der Waals surface area (Å²) in [4.78, 5) is 17.5. The van der Waals surface area contributed by atoms with E-state index in [9.17, 15) is 4.79 Å². The summed E-state index contributed by atoms with van der Waals surface area (Å²) in [5, 5.41) is 11.7. The molecule has 0 saturated heterocycles. The van der Waals surface area contributed by atoms with Crippen LogP contribution in [0.25, 0.3) is 22.4 Å². The normalized spacial score (nSPS) is 12.3. The molecule has 0 bridgehead atoms. The molecule has 0 saturated carbocycles. The Morgan fingerprint density at radius 1 is 1.03 bits per heavy atom. The van der Waals surface area contributed by atoms with Crippen LogP contribution in [0.3, 0.4) is 0 Å². The zero-order chi connectivity index (χ0) is 21.9. The third-order valence-corrected chi connectivity index (χ3v) is 6.07. The van der Waals surface area contributed by atoms with E-state index in [1.54, 1.807) is 18.1 Å². The number of hydrogen-bond donors (Lipinski definition) is 1. The number of para-hydroxylation sites is 2. The van der Waals surface area contributed by atoms with Crippen LogP contribution in [0, 0.1) is 0 Å². The molecule has 0 aliphatic heterocycles. The van der Waals surface area contributed by atoms with Crippen molar-refractivity contribution in [3.05, 3.63) is 90.6 Å². The van der Waals surface area contributed by atoms with Gasteiger partial charge in [-0.15, -0.1) is 10.2 Å². The Morgan fingerprint density at radius 2 is 1.84 bits per heavy atom. The van der Waals surface area contributed by atoms with Gasteiger partial charge in [0.1, 0.15) is 6.33 Å². The maximum atomic E-state index is 13.1. The van der Waals surface area contributed by atoms with Gasteiger partial charge >= 0.3 is 0 Å². The molecule has 0 aliphatic carbocycles. The lowest BCUT2D eigenvalue weighted by Crippen LogP contribution is -2.30. The van der Waals surface area contributed by atoms with Crippen LogP contribution in [0.15, 0.2) is 79.3 Å². The number of pyridine rings is 1. The molecule has 0 radical (unpaired) electrons. The Labute approximate surface area is 189 Å². The van der Waals surface area contributed by atoms with Crippen LogP contribution in [0.4, 0.5) is 0 Å². The number of nitrogens with zero attached hydrogens (tertiary/aromatic N) is 5. The molecule has 7 nitrogen and oxygen atoms in total. The molecule has 1 atom stereocenters. The Balaban J connectivity index is 1.39.